The minimum Gasteiger partial charge on any atom is -0.494 e. The van der Waals surface area contributed by atoms with Gasteiger partial charge in [-0.2, -0.15) is 15.3 Å². The largest absolute Gasteiger partial charge is 0.494 e. The molecule has 0 saturated carbocycles. The molecule has 0 aliphatic heterocycles. The number of rotatable bonds is 7. The molecule has 11 heteroatoms. The van der Waals surface area contributed by atoms with Gasteiger partial charge in [0, 0.05) is 26.0 Å². The number of amides is 1. The molecule has 4 rings (SSSR count). The first-order valence-corrected chi connectivity index (χ1v) is 10.2. The van der Waals surface area contributed by atoms with Crippen LogP contribution in [0.2, 0.25) is 0 Å². The summed E-state index contributed by atoms with van der Waals surface area (Å²) in [6, 6.07) is 14.4. The van der Waals surface area contributed by atoms with Crippen molar-refractivity contribution in [1.82, 2.24) is 30.0 Å². The summed E-state index contributed by atoms with van der Waals surface area (Å²) >= 11 is 0. The number of nitrogens with one attached hydrogen (secondary N) is 3. The summed E-state index contributed by atoms with van der Waals surface area (Å²) in [7, 11) is 4.86. The number of ether oxygens (including phenoxy) is 1. The Morgan fingerprint density at radius 3 is 2.56 bits per heavy atom. The molecule has 1 amide bonds. The lowest BCUT2D eigenvalue weighted by molar-refractivity contribution is 0.0963. The molecule has 0 aliphatic rings. The van der Waals surface area contributed by atoms with Gasteiger partial charge in [0.05, 0.1) is 30.0 Å². The van der Waals surface area contributed by atoms with Crippen LogP contribution in [0, 0.1) is 11.3 Å². The van der Waals surface area contributed by atoms with Crippen molar-refractivity contribution in [3.05, 3.63) is 66.1 Å². The van der Waals surface area contributed by atoms with E-state index in [0.717, 1.165) is 0 Å². The zero-order valence-corrected chi connectivity index (χ0v) is 18.7. The van der Waals surface area contributed by atoms with Gasteiger partial charge in [0.2, 0.25) is 5.95 Å². The van der Waals surface area contributed by atoms with Gasteiger partial charge in [0.15, 0.2) is 11.6 Å². The van der Waals surface area contributed by atoms with Gasteiger partial charge in [-0.1, -0.05) is 6.07 Å². The fourth-order valence-corrected chi connectivity index (χ4v) is 3.22. The quantitative estimate of drug-likeness (QED) is 0.383. The van der Waals surface area contributed by atoms with Crippen molar-refractivity contribution in [1.29, 1.82) is 5.26 Å². The summed E-state index contributed by atoms with van der Waals surface area (Å²) in [5.74, 6) is 1.18. The Bertz CT molecular complexity index is 1370. The number of aromatic nitrogens is 5. The van der Waals surface area contributed by atoms with Crippen molar-refractivity contribution < 1.29 is 9.53 Å². The molecule has 11 nitrogen and oxygen atoms in total. The van der Waals surface area contributed by atoms with Gasteiger partial charge in [0.1, 0.15) is 17.7 Å². The Hall–Kier alpha value is -4.98. The molecule has 0 aliphatic carbocycles. The summed E-state index contributed by atoms with van der Waals surface area (Å²) in [6.45, 7) is 0. The number of nitriles is 1. The first kappa shape index (κ1) is 22.2. The number of carbonyl (C=O) groups excluding carboxylic acids is 1. The number of para-hydroxylation sites is 1. The van der Waals surface area contributed by atoms with Crippen molar-refractivity contribution in [3.63, 3.8) is 0 Å². The van der Waals surface area contributed by atoms with Crippen LogP contribution >= 0.6 is 0 Å². The molecule has 0 fully saturated rings. The van der Waals surface area contributed by atoms with Crippen LogP contribution in [0.4, 0.5) is 23.1 Å². The minimum absolute atomic E-state index is 0.247. The third-order valence-corrected chi connectivity index (χ3v) is 4.84. The van der Waals surface area contributed by atoms with Gasteiger partial charge in [-0.3, -0.25) is 9.48 Å². The van der Waals surface area contributed by atoms with Gasteiger partial charge in [-0.05, 0) is 36.4 Å². The van der Waals surface area contributed by atoms with Crippen LogP contribution in [-0.2, 0) is 7.05 Å². The molecule has 0 atom stereocenters. The monoisotopic (exact) mass is 455 g/mol. The molecular formula is C23H21N9O2. The molecule has 0 spiro atoms. The Balaban J connectivity index is 1.71. The second kappa shape index (κ2) is 9.66. The van der Waals surface area contributed by atoms with E-state index in [0.29, 0.717) is 34.1 Å². The number of benzene rings is 2. The maximum atomic E-state index is 12.5. The SMILES string of the molecule is CNC(=O)c1cnc(Nc2ccc(C#N)cc2)nc1Nc1cccc(-c2ncn(C)n2)c1OC. The zero-order valence-electron chi connectivity index (χ0n) is 18.7. The van der Waals surface area contributed by atoms with Crippen molar-refractivity contribution in [2.24, 2.45) is 7.05 Å². The van der Waals surface area contributed by atoms with Gasteiger partial charge >= 0.3 is 0 Å². The molecule has 2 aromatic carbocycles. The normalized spacial score (nSPS) is 10.3. The van der Waals surface area contributed by atoms with Crippen molar-refractivity contribution in [2.45, 2.75) is 0 Å². The second-order valence-electron chi connectivity index (χ2n) is 7.10. The highest BCUT2D eigenvalue weighted by atomic mass is 16.5. The predicted octanol–water partition coefficient (Wildman–Crippen LogP) is 3.00. The van der Waals surface area contributed by atoms with Crippen LogP contribution in [0.1, 0.15) is 15.9 Å². The van der Waals surface area contributed by atoms with E-state index in [-0.39, 0.29) is 23.2 Å². The number of hydrogen-bond acceptors (Lipinski definition) is 9. The lowest BCUT2D eigenvalue weighted by Crippen LogP contribution is -2.20. The third kappa shape index (κ3) is 4.61. The lowest BCUT2D eigenvalue weighted by Gasteiger charge is -2.16. The first-order valence-electron chi connectivity index (χ1n) is 10.2. The van der Waals surface area contributed by atoms with Crippen molar-refractivity contribution in [3.8, 4) is 23.2 Å². The van der Waals surface area contributed by atoms with Crippen LogP contribution in [0.25, 0.3) is 11.4 Å². The Labute approximate surface area is 195 Å². The number of anilines is 4. The van der Waals surface area contributed by atoms with E-state index in [1.165, 1.54) is 13.2 Å². The Morgan fingerprint density at radius 1 is 1.12 bits per heavy atom. The minimum atomic E-state index is -0.353. The molecule has 34 heavy (non-hydrogen) atoms. The predicted molar refractivity (Wildman–Crippen MR) is 126 cm³/mol. The molecular weight excluding hydrogens is 434 g/mol. The smallest absolute Gasteiger partial charge is 0.256 e. The first-order chi connectivity index (χ1) is 16.5. The van der Waals surface area contributed by atoms with Gasteiger partial charge in [-0.25, -0.2) is 9.97 Å². The highest BCUT2D eigenvalue weighted by molar-refractivity contribution is 5.99. The van der Waals surface area contributed by atoms with Crippen LogP contribution in [0.3, 0.4) is 0 Å². The number of aryl methyl sites for hydroxylation is 1. The number of nitrogens with zero attached hydrogens (tertiary/aromatic N) is 6. The average Bonchev–Trinajstić information content (AvgIpc) is 3.30. The number of hydrogen-bond donors (Lipinski definition) is 3. The maximum absolute atomic E-state index is 12.5. The van der Waals surface area contributed by atoms with Crippen LogP contribution in [0.15, 0.2) is 55.0 Å². The summed E-state index contributed by atoms with van der Waals surface area (Å²) in [6.07, 6.45) is 3.03. The fourth-order valence-electron chi connectivity index (χ4n) is 3.22. The van der Waals surface area contributed by atoms with Crippen LogP contribution < -0.4 is 20.7 Å². The van der Waals surface area contributed by atoms with E-state index in [4.69, 9.17) is 10.00 Å². The summed E-state index contributed by atoms with van der Waals surface area (Å²) in [5, 5.41) is 22.2. The maximum Gasteiger partial charge on any atom is 0.256 e. The molecule has 4 aromatic rings. The van der Waals surface area contributed by atoms with Gasteiger partial charge < -0.3 is 20.7 Å². The summed E-state index contributed by atoms with van der Waals surface area (Å²) in [4.78, 5) is 25.5. The summed E-state index contributed by atoms with van der Waals surface area (Å²) < 4.78 is 7.25. The van der Waals surface area contributed by atoms with E-state index >= 15 is 0 Å². The molecule has 0 unspecified atom stereocenters. The topological polar surface area (TPSA) is 143 Å². The molecule has 170 valence electrons. The third-order valence-electron chi connectivity index (χ3n) is 4.84. The zero-order chi connectivity index (χ0) is 24.1. The number of methoxy groups -OCH3 is 1. The molecule has 2 aromatic heterocycles. The van der Waals surface area contributed by atoms with Gasteiger partial charge in [-0.15, -0.1) is 0 Å². The molecule has 0 bridgehead atoms. The van der Waals surface area contributed by atoms with Crippen LogP contribution in [0.5, 0.6) is 5.75 Å². The fraction of sp³-hybridized carbons (Fsp3) is 0.130. The highest BCUT2D eigenvalue weighted by Gasteiger charge is 2.19. The van der Waals surface area contributed by atoms with E-state index < -0.39 is 0 Å². The second-order valence-corrected chi connectivity index (χ2v) is 7.10. The average molecular weight is 455 g/mol. The van der Waals surface area contributed by atoms with E-state index in [9.17, 15) is 4.79 Å². The Morgan fingerprint density at radius 2 is 1.91 bits per heavy atom. The standard InChI is InChI=1S/C23H21N9O2/c1-25-22(33)17-12-26-23(28-15-9-7-14(11-24)8-10-15)30-21(17)29-18-6-4-5-16(19(18)34-3)20-27-13-32(2)31-20/h4-10,12-13H,1-3H3,(H,25,33)(H2,26,28,29,30). The number of carbonyl (C=O) groups is 1. The van der Waals surface area contributed by atoms with Crippen molar-refractivity contribution >= 4 is 29.0 Å². The van der Waals surface area contributed by atoms with E-state index in [2.05, 4.69) is 42.1 Å². The highest BCUT2D eigenvalue weighted by Crippen LogP contribution is 2.36. The van der Waals surface area contributed by atoms with Gasteiger partial charge in [0.25, 0.3) is 5.91 Å². The molecule has 2 heterocycles. The molecule has 0 radical (unpaired) electrons. The van der Waals surface area contributed by atoms with Crippen molar-refractivity contribution in [2.75, 3.05) is 24.8 Å². The lowest BCUT2D eigenvalue weighted by atomic mass is 10.1. The van der Waals surface area contributed by atoms with E-state index in [1.54, 1.807) is 55.5 Å². The van der Waals surface area contributed by atoms with Crippen LogP contribution in [-0.4, -0.2) is 44.8 Å². The molecule has 0 saturated heterocycles. The Kier molecular flexibility index (Phi) is 6.31. The summed E-state index contributed by atoms with van der Waals surface area (Å²) in [5.41, 5.74) is 2.73. The van der Waals surface area contributed by atoms with E-state index in [1.807, 2.05) is 12.1 Å². The molecule has 3 N–H and O–H groups in total.